The molecule has 2 aromatic heterocycles. The summed E-state index contributed by atoms with van der Waals surface area (Å²) < 4.78 is 11.2. The number of aromatic nitrogens is 4. The van der Waals surface area contributed by atoms with Gasteiger partial charge in [0.2, 0.25) is 0 Å². The van der Waals surface area contributed by atoms with E-state index in [9.17, 15) is 4.79 Å². The number of methoxy groups -OCH3 is 2. The van der Waals surface area contributed by atoms with Gasteiger partial charge in [-0.05, 0) is 17.7 Å². The molecule has 0 atom stereocenters. The van der Waals surface area contributed by atoms with Gasteiger partial charge in [0.25, 0.3) is 11.6 Å². The van der Waals surface area contributed by atoms with Crippen LogP contribution in [0.5, 0.6) is 5.75 Å². The summed E-state index contributed by atoms with van der Waals surface area (Å²) in [6.45, 7) is 0. The molecule has 0 N–H and O–H groups in total. The molecule has 0 fully saturated rings. The summed E-state index contributed by atoms with van der Waals surface area (Å²) in [5.41, 5.74) is 1.77. The summed E-state index contributed by atoms with van der Waals surface area (Å²) in [7, 11) is 2.89. The molecular formula is C14H12N4O3. The van der Waals surface area contributed by atoms with E-state index in [4.69, 9.17) is 4.74 Å². The number of benzene rings is 1. The standard InChI is InChI=1S/C14H12N4O3/c1-20-11-5-3-4-9(6-11)10-7-15-14-16-12(13(19)21-2)17-18(14)8-10/h3-8H,1-2H3. The zero-order valence-electron chi connectivity index (χ0n) is 11.5. The molecule has 0 radical (unpaired) electrons. The Balaban J connectivity index is 2.05. The number of fused-ring (bicyclic) bond motifs is 1. The third-order valence-electron chi connectivity index (χ3n) is 2.96. The Hall–Kier alpha value is -2.96. The Morgan fingerprint density at radius 3 is 2.86 bits per heavy atom. The SMILES string of the molecule is COC(=O)c1nc2ncc(-c3cccc(OC)c3)cn2n1. The summed E-state index contributed by atoms with van der Waals surface area (Å²) in [6.07, 6.45) is 3.41. The highest BCUT2D eigenvalue weighted by molar-refractivity contribution is 5.85. The Bertz CT molecular complexity index is 813. The average Bonchev–Trinajstić information content (AvgIpc) is 2.97. The van der Waals surface area contributed by atoms with Gasteiger partial charge in [0.15, 0.2) is 0 Å². The van der Waals surface area contributed by atoms with E-state index < -0.39 is 5.97 Å². The van der Waals surface area contributed by atoms with Crippen LogP contribution in [0.25, 0.3) is 16.9 Å². The zero-order chi connectivity index (χ0) is 14.8. The molecule has 7 heteroatoms. The van der Waals surface area contributed by atoms with Crippen molar-refractivity contribution in [2.24, 2.45) is 0 Å². The summed E-state index contributed by atoms with van der Waals surface area (Å²) in [5, 5.41) is 4.05. The highest BCUT2D eigenvalue weighted by Crippen LogP contribution is 2.23. The van der Waals surface area contributed by atoms with Gasteiger partial charge in [0.1, 0.15) is 5.75 Å². The summed E-state index contributed by atoms with van der Waals surface area (Å²) in [5.74, 6) is 0.472. The van der Waals surface area contributed by atoms with Crippen molar-refractivity contribution in [2.45, 2.75) is 0 Å². The van der Waals surface area contributed by atoms with Gasteiger partial charge in [-0.2, -0.15) is 4.98 Å². The van der Waals surface area contributed by atoms with E-state index in [2.05, 4.69) is 19.8 Å². The van der Waals surface area contributed by atoms with E-state index in [0.717, 1.165) is 16.9 Å². The first-order valence-electron chi connectivity index (χ1n) is 6.16. The van der Waals surface area contributed by atoms with Crippen LogP contribution in [0.4, 0.5) is 0 Å². The van der Waals surface area contributed by atoms with Crippen molar-refractivity contribution < 1.29 is 14.3 Å². The quantitative estimate of drug-likeness (QED) is 0.679. The molecule has 0 aliphatic heterocycles. The topological polar surface area (TPSA) is 78.6 Å². The number of hydrogen-bond acceptors (Lipinski definition) is 6. The van der Waals surface area contributed by atoms with E-state index in [-0.39, 0.29) is 5.82 Å². The molecular weight excluding hydrogens is 272 g/mol. The van der Waals surface area contributed by atoms with Crippen LogP contribution < -0.4 is 4.74 Å². The van der Waals surface area contributed by atoms with E-state index in [0.29, 0.717) is 5.78 Å². The van der Waals surface area contributed by atoms with Crippen LogP contribution in [-0.2, 0) is 4.74 Å². The lowest BCUT2D eigenvalue weighted by molar-refractivity contribution is 0.0587. The zero-order valence-corrected chi connectivity index (χ0v) is 11.5. The van der Waals surface area contributed by atoms with Gasteiger partial charge in [0.05, 0.1) is 14.2 Å². The van der Waals surface area contributed by atoms with E-state index in [1.807, 2.05) is 24.3 Å². The maximum Gasteiger partial charge on any atom is 0.378 e. The molecule has 21 heavy (non-hydrogen) atoms. The Kier molecular flexibility index (Phi) is 3.23. The van der Waals surface area contributed by atoms with Crippen molar-refractivity contribution in [1.29, 1.82) is 0 Å². The van der Waals surface area contributed by atoms with E-state index in [1.54, 1.807) is 19.5 Å². The fourth-order valence-electron chi connectivity index (χ4n) is 1.91. The monoisotopic (exact) mass is 284 g/mol. The maximum absolute atomic E-state index is 11.4. The number of rotatable bonds is 3. The van der Waals surface area contributed by atoms with Crippen LogP contribution in [0.2, 0.25) is 0 Å². The highest BCUT2D eigenvalue weighted by Gasteiger charge is 2.14. The third kappa shape index (κ3) is 2.40. The third-order valence-corrected chi connectivity index (χ3v) is 2.96. The average molecular weight is 284 g/mol. The van der Waals surface area contributed by atoms with E-state index >= 15 is 0 Å². The van der Waals surface area contributed by atoms with Crippen LogP contribution in [0.1, 0.15) is 10.6 Å². The second kappa shape index (κ2) is 5.20. The number of carbonyl (C=O) groups is 1. The molecule has 0 aliphatic carbocycles. The maximum atomic E-state index is 11.4. The van der Waals surface area contributed by atoms with Crippen LogP contribution in [0, 0.1) is 0 Å². The van der Waals surface area contributed by atoms with Gasteiger partial charge in [-0.3, -0.25) is 0 Å². The van der Waals surface area contributed by atoms with Crippen molar-refractivity contribution in [2.75, 3.05) is 14.2 Å². The van der Waals surface area contributed by atoms with Gasteiger partial charge in [-0.15, -0.1) is 5.10 Å². The molecule has 0 saturated heterocycles. The largest absolute Gasteiger partial charge is 0.497 e. The highest BCUT2D eigenvalue weighted by atomic mass is 16.5. The van der Waals surface area contributed by atoms with Gasteiger partial charge in [-0.1, -0.05) is 12.1 Å². The normalized spacial score (nSPS) is 10.6. The molecule has 0 unspecified atom stereocenters. The number of esters is 1. The molecule has 7 nitrogen and oxygen atoms in total. The minimum Gasteiger partial charge on any atom is -0.497 e. The van der Waals surface area contributed by atoms with Gasteiger partial charge >= 0.3 is 5.97 Å². The Morgan fingerprint density at radius 2 is 2.10 bits per heavy atom. The van der Waals surface area contributed by atoms with Crippen LogP contribution in [0.15, 0.2) is 36.7 Å². The first-order valence-corrected chi connectivity index (χ1v) is 6.16. The minimum atomic E-state index is -0.594. The fourth-order valence-corrected chi connectivity index (χ4v) is 1.91. The number of carbonyl (C=O) groups excluding carboxylic acids is 1. The van der Waals surface area contributed by atoms with Crippen LogP contribution in [0.3, 0.4) is 0 Å². The molecule has 0 bridgehead atoms. The second-order valence-corrected chi connectivity index (χ2v) is 4.25. The second-order valence-electron chi connectivity index (χ2n) is 4.25. The molecule has 106 valence electrons. The molecule has 1 aromatic carbocycles. The summed E-state index contributed by atoms with van der Waals surface area (Å²) >= 11 is 0. The first-order chi connectivity index (χ1) is 10.2. The predicted molar refractivity (Wildman–Crippen MR) is 74.1 cm³/mol. The summed E-state index contributed by atoms with van der Waals surface area (Å²) in [4.78, 5) is 19.6. The molecule has 3 aromatic rings. The molecule has 3 rings (SSSR count). The van der Waals surface area contributed by atoms with Gasteiger partial charge in [0, 0.05) is 18.0 Å². The lowest BCUT2D eigenvalue weighted by Gasteiger charge is -2.04. The molecule has 0 amide bonds. The van der Waals surface area contributed by atoms with Crippen molar-refractivity contribution in [1.82, 2.24) is 19.6 Å². The Labute approximate surface area is 120 Å². The fraction of sp³-hybridized carbons (Fsp3) is 0.143. The van der Waals surface area contributed by atoms with Crippen LogP contribution in [-0.4, -0.2) is 39.8 Å². The number of hydrogen-bond donors (Lipinski definition) is 0. The molecule has 0 aliphatic rings. The van der Waals surface area contributed by atoms with Gasteiger partial charge < -0.3 is 9.47 Å². The van der Waals surface area contributed by atoms with Crippen molar-refractivity contribution in [3.05, 3.63) is 42.5 Å². The number of nitrogens with zero attached hydrogens (tertiary/aromatic N) is 4. The van der Waals surface area contributed by atoms with Crippen molar-refractivity contribution in [3.63, 3.8) is 0 Å². The molecule has 0 saturated carbocycles. The number of ether oxygens (including phenoxy) is 2. The first kappa shape index (κ1) is 13.0. The van der Waals surface area contributed by atoms with Crippen molar-refractivity contribution >= 4 is 11.7 Å². The van der Waals surface area contributed by atoms with E-state index in [1.165, 1.54) is 11.6 Å². The lowest BCUT2D eigenvalue weighted by atomic mass is 10.1. The van der Waals surface area contributed by atoms with Gasteiger partial charge in [-0.25, -0.2) is 14.3 Å². The predicted octanol–water partition coefficient (Wildman–Crippen LogP) is 1.59. The van der Waals surface area contributed by atoms with Crippen LogP contribution >= 0.6 is 0 Å². The molecule has 2 heterocycles. The minimum absolute atomic E-state index is 0.0206. The Morgan fingerprint density at radius 1 is 1.24 bits per heavy atom. The lowest BCUT2D eigenvalue weighted by Crippen LogP contribution is -2.03. The summed E-state index contributed by atoms with van der Waals surface area (Å²) in [6, 6.07) is 7.57. The molecule has 0 spiro atoms. The smallest absolute Gasteiger partial charge is 0.378 e. The van der Waals surface area contributed by atoms with Crippen molar-refractivity contribution in [3.8, 4) is 16.9 Å².